The maximum absolute atomic E-state index is 13.3. The lowest BCUT2D eigenvalue weighted by Gasteiger charge is -2.42. The number of aromatic nitrogens is 2. The number of fused-ring (bicyclic) bond motifs is 2. The lowest BCUT2D eigenvalue weighted by molar-refractivity contribution is 0.0144. The number of ether oxygens (including phenoxy) is 4. The van der Waals surface area contributed by atoms with Crippen molar-refractivity contribution in [2.75, 3.05) is 75.5 Å². The van der Waals surface area contributed by atoms with Crippen molar-refractivity contribution < 1.29 is 28.5 Å². The number of likely N-dealkylation sites (tertiary alicyclic amines) is 1. The Labute approximate surface area is 379 Å². The molecular formula is C45H52Br2ClN7O6. The highest BCUT2D eigenvalue weighted by Crippen LogP contribution is 2.38. The first kappa shape index (κ1) is 44.8. The van der Waals surface area contributed by atoms with E-state index in [0.29, 0.717) is 90.3 Å². The SMILES string of the molecule is CC(C)(C)OC(=O)N1CCN(c2nc(OC[C@@H]3CCCN3CCCOCCOc3c(Br)cc(C=O)cc3Br)nc3c2CCN(c2cccc4cccc(Cl)c24)C3)C[C@@H]1CC#N. The Morgan fingerprint density at radius 3 is 2.52 bits per heavy atom. The summed E-state index contributed by atoms with van der Waals surface area (Å²) in [5.74, 6) is 1.43. The van der Waals surface area contributed by atoms with Gasteiger partial charge in [-0.1, -0.05) is 35.9 Å². The number of nitriles is 1. The fourth-order valence-electron chi connectivity index (χ4n) is 8.36. The highest BCUT2D eigenvalue weighted by molar-refractivity contribution is 9.11. The molecule has 3 aliphatic heterocycles. The second kappa shape index (κ2) is 20.3. The van der Waals surface area contributed by atoms with Gasteiger partial charge in [-0.15, -0.1) is 0 Å². The zero-order valence-corrected chi connectivity index (χ0v) is 38.8. The molecule has 0 aliphatic carbocycles. The molecule has 324 valence electrons. The zero-order valence-electron chi connectivity index (χ0n) is 34.9. The van der Waals surface area contributed by atoms with Crippen molar-refractivity contribution in [1.82, 2.24) is 19.8 Å². The molecule has 0 bridgehead atoms. The predicted molar refractivity (Wildman–Crippen MR) is 243 cm³/mol. The maximum Gasteiger partial charge on any atom is 0.410 e. The van der Waals surface area contributed by atoms with Gasteiger partial charge in [-0.2, -0.15) is 15.2 Å². The number of aldehydes is 1. The summed E-state index contributed by atoms with van der Waals surface area (Å²) >= 11 is 13.7. The number of hydrogen-bond acceptors (Lipinski definition) is 12. The molecule has 4 aromatic rings. The monoisotopic (exact) mass is 979 g/mol. The number of carbonyl (C=O) groups is 2. The number of anilines is 2. The summed E-state index contributed by atoms with van der Waals surface area (Å²) in [6, 6.07) is 18.1. The Balaban J connectivity index is 1.03. The van der Waals surface area contributed by atoms with Crippen LogP contribution >= 0.6 is 43.5 Å². The van der Waals surface area contributed by atoms with E-state index in [-0.39, 0.29) is 18.5 Å². The predicted octanol–water partition coefficient (Wildman–Crippen LogP) is 8.85. The van der Waals surface area contributed by atoms with E-state index in [9.17, 15) is 14.9 Å². The van der Waals surface area contributed by atoms with E-state index in [0.717, 1.165) is 78.7 Å². The van der Waals surface area contributed by atoms with Crippen molar-refractivity contribution in [2.45, 2.75) is 77.1 Å². The molecular weight excluding hydrogens is 930 g/mol. The van der Waals surface area contributed by atoms with Gasteiger partial charge in [0.1, 0.15) is 36.7 Å². The van der Waals surface area contributed by atoms with Gasteiger partial charge in [-0.05, 0) is 115 Å². The number of nitrogens with zero attached hydrogens (tertiary/aromatic N) is 7. The topological polar surface area (TPSA) is 134 Å². The molecule has 1 amide bonds. The number of carbonyl (C=O) groups excluding carboxylic acids is 2. The highest BCUT2D eigenvalue weighted by Gasteiger charge is 2.36. The largest absolute Gasteiger partial charge is 0.489 e. The van der Waals surface area contributed by atoms with Crippen LogP contribution in [0.3, 0.4) is 0 Å². The third-order valence-corrected chi connectivity index (χ3v) is 12.7. The molecule has 0 saturated carbocycles. The van der Waals surface area contributed by atoms with Crippen molar-refractivity contribution in [3.63, 3.8) is 0 Å². The van der Waals surface area contributed by atoms with Crippen molar-refractivity contribution in [1.29, 1.82) is 5.26 Å². The Morgan fingerprint density at radius 2 is 1.77 bits per heavy atom. The van der Waals surface area contributed by atoms with E-state index >= 15 is 0 Å². The number of piperazine rings is 1. The molecule has 2 fully saturated rings. The van der Waals surface area contributed by atoms with E-state index in [1.807, 2.05) is 32.9 Å². The standard InChI is InChI=1S/C45H52Br2ClN7O6/c1-45(2,3)61-44(57)55-20-19-54(26-32(55)13-15-49)42-34-14-18-53(39-12-5-9-31-8-4-11-37(48)40(31)39)27-38(34)50-43(51-42)60-29-33-10-6-16-52(33)17-7-21-58-22-23-59-41-35(46)24-30(28-56)25-36(41)47/h4-5,8-9,11-12,24-25,28,32-33H,6-7,10,13-14,16-23,26-27,29H2,1-3H3/t32-,33-/m0/s1. The number of halogens is 3. The molecule has 0 radical (unpaired) electrons. The van der Waals surface area contributed by atoms with Crippen LogP contribution in [0.5, 0.6) is 11.8 Å². The van der Waals surface area contributed by atoms with Gasteiger partial charge in [0, 0.05) is 67.6 Å². The first-order valence-electron chi connectivity index (χ1n) is 20.9. The second-order valence-electron chi connectivity index (χ2n) is 16.6. The van der Waals surface area contributed by atoms with Crippen LogP contribution in [-0.4, -0.2) is 116 Å². The van der Waals surface area contributed by atoms with Gasteiger partial charge in [0.15, 0.2) is 0 Å². The van der Waals surface area contributed by atoms with Crippen LogP contribution in [0.15, 0.2) is 57.5 Å². The van der Waals surface area contributed by atoms with Crippen LogP contribution in [0.4, 0.5) is 16.3 Å². The quantitative estimate of drug-likeness (QED) is 0.0833. The third kappa shape index (κ3) is 11.1. The zero-order chi connectivity index (χ0) is 43.1. The van der Waals surface area contributed by atoms with Crippen LogP contribution in [0, 0.1) is 11.3 Å². The van der Waals surface area contributed by atoms with Crippen molar-refractivity contribution in [2.24, 2.45) is 0 Å². The molecule has 0 spiro atoms. The van der Waals surface area contributed by atoms with Gasteiger partial charge in [-0.3, -0.25) is 9.69 Å². The fourth-order valence-corrected chi connectivity index (χ4v) is 10.1. The number of benzene rings is 3. The highest BCUT2D eigenvalue weighted by atomic mass is 79.9. The summed E-state index contributed by atoms with van der Waals surface area (Å²) in [5, 5.41) is 12.6. The minimum Gasteiger partial charge on any atom is -0.489 e. The summed E-state index contributed by atoms with van der Waals surface area (Å²) < 4.78 is 25.5. The van der Waals surface area contributed by atoms with Gasteiger partial charge in [0.05, 0.1) is 51.3 Å². The second-order valence-corrected chi connectivity index (χ2v) is 18.7. The molecule has 3 aliphatic rings. The number of rotatable bonds is 15. The molecule has 3 aromatic carbocycles. The average molecular weight is 982 g/mol. The van der Waals surface area contributed by atoms with Crippen LogP contribution in [-0.2, 0) is 22.4 Å². The Kier molecular flexibility index (Phi) is 14.9. The lowest BCUT2D eigenvalue weighted by Crippen LogP contribution is -2.56. The Bertz CT molecular complexity index is 2230. The fraction of sp³-hybridized carbons (Fsp3) is 0.489. The smallest absolute Gasteiger partial charge is 0.410 e. The molecule has 0 N–H and O–H groups in total. The first-order chi connectivity index (χ1) is 29.4. The minimum atomic E-state index is -0.647. The van der Waals surface area contributed by atoms with Crippen LogP contribution in [0.25, 0.3) is 10.8 Å². The van der Waals surface area contributed by atoms with Crippen molar-refractivity contribution in [3.8, 4) is 17.8 Å². The van der Waals surface area contributed by atoms with Crippen molar-refractivity contribution >= 4 is 78.1 Å². The minimum absolute atomic E-state index is 0.173. The molecule has 16 heteroatoms. The third-order valence-electron chi connectivity index (χ3n) is 11.2. The van der Waals surface area contributed by atoms with Crippen molar-refractivity contribution in [3.05, 3.63) is 79.3 Å². The average Bonchev–Trinajstić information content (AvgIpc) is 3.69. The summed E-state index contributed by atoms with van der Waals surface area (Å²) in [5.41, 5.74) is 2.91. The maximum atomic E-state index is 13.3. The number of amides is 1. The van der Waals surface area contributed by atoms with E-state index in [2.05, 4.69) is 76.9 Å². The van der Waals surface area contributed by atoms with Gasteiger partial charge in [-0.25, -0.2) is 4.79 Å². The van der Waals surface area contributed by atoms with E-state index < -0.39 is 11.7 Å². The normalized spacial score (nSPS) is 18.2. The molecule has 61 heavy (non-hydrogen) atoms. The lowest BCUT2D eigenvalue weighted by atomic mass is 10.0. The van der Waals surface area contributed by atoms with E-state index in [1.54, 1.807) is 17.0 Å². The Hall–Kier alpha value is -4.20. The molecule has 1 aromatic heterocycles. The van der Waals surface area contributed by atoms with Gasteiger partial charge in [0.25, 0.3) is 0 Å². The van der Waals surface area contributed by atoms with Gasteiger partial charge in [0.2, 0.25) is 0 Å². The molecule has 2 atom stereocenters. The molecule has 4 heterocycles. The van der Waals surface area contributed by atoms with E-state index in [1.165, 1.54) is 0 Å². The van der Waals surface area contributed by atoms with Gasteiger partial charge < -0.3 is 33.6 Å². The first-order valence-corrected chi connectivity index (χ1v) is 22.8. The molecule has 13 nitrogen and oxygen atoms in total. The number of hydrogen-bond donors (Lipinski definition) is 0. The van der Waals surface area contributed by atoms with Crippen LogP contribution in [0.2, 0.25) is 5.02 Å². The Morgan fingerprint density at radius 1 is 0.984 bits per heavy atom. The summed E-state index contributed by atoms with van der Waals surface area (Å²) in [7, 11) is 0. The van der Waals surface area contributed by atoms with E-state index in [4.69, 9.17) is 40.5 Å². The van der Waals surface area contributed by atoms with Crippen LogP contribution in [0.1, 0.15) is 68.1 Å². The molecule has 2 saturated heterocycles. The van der Waals surface area contributed by atoms with Crippen LogP contribution < -0.4 is 19.3 Å². The van der Waals surface area contributed by atoms with Gasteiger partial charge >= 0.3 is 12.1 Å². The summed E-state index contributed by atoms with van der Waals surface area (Å²) in [4.78, 5) is 43.2. The summed E-state index contributed by atoms with van der Waals surface area (Å²) in [6.45, 7) is 11.9. The molecule has 0 unspecified atom stereocenters. The summed E-state index contributed by atoms with van der Waals surface area (Å²) in [6.07, 6.45) is 4.22. The molecule has 7 rings (SSSR count).